The SMILES string of the molecule is CC.CC(C)(C)c1noc(C(=O)NCc2ccc(-c3ccnc4nc(-c5cccc(N)c5)[nH]c34)cc2F)n1. The van der Waals surface area contributed by atoms with Crippen molar-refractivity contribution in [1.82, 2.24) is 30.4 Å². The van der Waals surface area contributed by atoms with Crippen LogP contribution in [-0.4, -0.2) is 31.0 Å². The van der Waals surface area contributed by atoms with E-state index in [9.17, 15) is 4.79 Å². The Morgan fingerprint density at radius 2 is 1.87 bits per heavy atom. The second-order valence-corrected chi connectivity index (χ2v) is 9.43. The molecule has 0 aliphatic rings. The van der Waals surface area contributed by atoms with Crippen molar-refractivity contribution in [3.05, 3.63) is 77.8 Å². The number of carbonyl (C=O) groups excluding carboxylic acids is 1. The van der Waals surface area contributed by atoms with Crippen molar-refractivity contribution in [3.8, 4) is 22.5 Å². The first kappa shape index (κ1) is 26.5. The maximum absolute atomic E-state index is 15.0. The van der Waals surface area contributed by atoms with Gasteiger partial charge in [-0.25, -0.2) is 14.4 Å². The highest BCUT2D eigenvalue weighted by molar-refractivity contribution is 5.92. The smallest absolute Gasteiger partial charge is 0.315 e. The van der Waals surface area contributed by atoms with Crippen molar-refractivity contribution >= 4 is 22.8 Å². The van der Waals surface area contributed by atoms with E-state index in [1.807, 2.05) is 52.8 Å². The molecule has 38 heavy (non-hydrogen) atoms. The van der Waals surface area contributed by atoms with E-state index in [1.165, 1.54) is 6.07 Å². The highest BCUT2D eigenvalue weighted by Crippen LogP contribution is 2.30. The minimum atomic E-state index is -0.566. The normalized spacial score (nSPS) is 11.2. The number of benzene rings is 2. The molecule has 4 N–H and O–H groups in total. The average Bonchev–Trinajstić information content (AvgIpc) is 3.57. The minimum Gasteiger partial charge on any atom is -0.399 e. The molecule has 3 aromatic heterocycles. The molecule has 3 heterocycles. The van der Waals surface area contributed by atoms with Crippen LogP contribution in [0.3, 0.4) is 0 Å². The Labute approximate surface area is 219 Å². The predicted octanol–water partition coefficient (Wildman–Crippen LogP) is 5.65. The predicted molar refractivity (Wildman–Crippen MR) is 145 cm³/mol. The molecule has 0 fully saturated rings. The van der Waals surface area contributed by atoms with E-state index in [2.05, 4.69) is 30.4 Å². The molecule has 9 nitrogen and oxygen atoms in total. The van der Waals surface area contributed by atoms with Crippen LogP contribution >= 0.6 is 0 Å². The van der Waals surface area contributed by atoms with Gasteiger partial charge in [0, 0.05) is 40.5 Å². The average molecular weight is 516 g/mol. The maximum atomic E-state index is 15.0. The van der Waals surface area contributed by atoms with Gasteiger partial charge >= 0.3 is 11.8 Å². The van der Waals surface area contributed by atoms with Gasteiger partial charge < -0.3 is 20.6 Å². The molecule has 196 valence electrons. The number of amides is 1. The second kappa shape index (κ2) is 10.8. The highest BCUT2D eigenvalue weighted by atomic mass is 19.1. The number of halogens is 1. The third-order valence-electron chi connectivity index (χ3n) is 5.65. The summed E-state index contributed by atoms with van der Waals surface area (Å²) < 4.78 is 20.0. The van der Waals surface area contributed by atoms with Crippen molar-refractivity contribution in [1.29, 1.82) is 0 Å². The number of nitrogens with two attached hydrogens (primary N) is 1. The van der Waals surface area contributed by atoms with Crippen LogP contribution < -0.4 is 11.1 Å². The molecule has 0 aliphatic heterocycles. The van der Waals surface area contributed by atoms with Crippen LogP contribution in [0.15, 0.2) is 59.3 Å². The van der Waals surface area contributed by atoms with E-state index < -0.39 is 11.7 Å². The number of H-pyrrole nitrogens is 1. The Morgan fingerprint density at radius 1 is 1.08 bits per heavy atom. The number of nitrogen functional groups attached to an aromatic ring is 1. The first-order valence-electron chi connectivity index (χ1n) is 12.3. The van der Waals surface area contributed by atoms with Crippen LogP contribution in [0, 0.1) is 5.82 Å². The van der Waals surface area contributed by atoms with Gasteiger partial charge in [0.05, 0.1) is 5.52 Å². The lowest BCUT2D eigenvalue weighted by Gasteiger charge is -2.10. The number of fused-ring (bicyclic) bond motifs is 1. The summed E-state index contributed by atoms with van der Waals surface area (Å²) in [4.78, 5) is 28.7. The quantitative estimate of drug-likeness (QED) is 0.257. The van der Waals surface area contributed by atoms with Gasteiger partial charge in [0.2, 0.25) is 0 Å². The topological polar surface area (TPSA) is 136 Å². The highest BCUT2D eigenvalue weighted by Gasteiger charge is 2.24. The Bertz CT molecular complexity index is 1580. The van der Waals surface area contributed by atoms with Crippen molar-refractivity contribution < 1.29 is 13.7 Å². The molecule has 0 atom stereocenters. The lowest BCUT2D eigenvalue weighted by molar-refractivity contribution is 0.0906. The zero-order valence-electron chi connectivity index (χ0n) is 22.0. The second-order valence-electron chi connectivity index (χ2n) is 9.43. The summed E-state index contributed by atoms with van der Waals surface area (Å²) in [5.74, 6) is -0.151. The summed E-state index contributed by atoms with van der Waals surface area (Å²) in [7, 11) is 0. The van der Waals surface area contributed by atoms with Crippen LogP contribution in [0.1, 0.15) is 56.7 Å². The molecule has 0 spiro atoms. The standard InChI is InChI=1S/C26H24FN7O2.C2H6/c1-26(2,3)25-33-24(36-34-25)23(35)30-13-16-8-7-14(12-19(16)27)18-9-10-29-22-20(18)31-21(32-22)15-5-4-6-17(28)11-15;1-2/h4-12H,13,28H2,1-3H3,(H,30,35)(H,29,31,32);1-2H3. The molecule has 2 aromatic carbocycles. The van der Waals surface area contributed by atoms with Gasteiger partial charge in [-0.15, -0.1) is 0 Å². The molecular weight excluding hydrogens is 485 g/mol. The fourth-order valence-electron chi connectivity index (χ4n) is 3.70. The van der Waals surface area contributed by atoms with E-state index in [-0.39, 0.29) is 17.9 Å². The Morgan fingerprint density at radius 3 is 2.55 bits per heavy atom. The van der Waals surface area contributed by atoms with Crippen LogP contribution in [-0.2, 0) is 12.0 Å². The number of carbonyl (C=O) groups is 1. The molecule has 0 unspecified atom stereocenters. The van der Waals surface area contributed by atoms with Gasteiger partial charge in [0.15, 0.2) is 11.5 Å². The van der Waals surface area contributed by atoms with Crippen molar-refractivity contribution in [2.75, 3.05) is 5.73 Å². The summed E-state index contributed by atoms with van der Waals surface area (Å²) in [5.41, 5.74) is 9.90. The summed E-state index contributed by atoms with van der Waals surface area (Å²) in [6, 6.07) is 14.0. The first-order valence-corrected chi connectivity index (χ1v) is 12.3. The number of imidazole rings is 1. The van der Waals surface area contributed by atoms with Crippen LogP contribution in [0.25, 0.3) is 33.7 Å². The van der Waals surface area contributed by atoms with E-state index >= 15 is 4.39 Å². The number of rotatable bonds is 5. The number of pyridine rings is 1. The van der Waals surface area contributed by atoms with Crippen LogP contribution in [0.2, 0.25) is 0 Å². The summed E-state index contributed by atoms with van der Waals surface area (Å²) in [6.45, 7) is 9.70. The van der Waals surface area contributed by atoms with Crippen molar-refractivity contribution in [2.45, 2.75) is 46.6 Å². The Hall–Kier alpha value is -4.60. The first-order chi connectivity index (χ1) is 18.2. The summed E-state index contributed by atoms with van der Waals surface area (Å²) in [5, 5.41) is 6.46. The summed E-state index contributed by atoms with van der Waals surface area (Å²) in [6.07, 6.45) is 1.63. The monoisotopic (exact) mass is 515 g/mol. The van der Waals surface area contributed by atoms with Gasteiger partial charge in [0.1, 0.15) is 11.6 Å². The summed E-state index contributed by atoms with van der Waals surface area (Å²) >= 11 is 0. The molecule has 5 aromatic rings. The largest absolute Gasteiger partial charge is 0.399 e. The molecule has 10 heteroatoms. The fraction of sp³-hybridized carbons (Fsp3) is 0.250. The number of nitrogens with one attached hydrogen (secondary N) is 2. The van der Waals surface area contributed by atoms with Crippen molar-refractivity contribution in [3.63, 3.8) is 0 Å². The molecule has 0 saturated heterocycles. The number of aromatic nitrogens is 5. The third kappa shape index (κ3) is 5.54. The van der Waals surface area contributed by atoms with E-state index in [1.54, 1.807) is 30.5 Å². The molecule has 0 radical (unpaired) electrons. The van der Waals surface area contributed by atoms with E-state index in [0.29, 0.717) is 39.6 Å². The number of aromatic amines is 1. The molecule has 0 aliphatic carbocycles. The lowest BCUT2D eigenvalue weighted by Crippen LogP contribution is -2.24. The van der Waals surface area contributed by atoms with Gasteiger partial charge in [-0.05, 0) is 29.8 Å². The molecular formula is C28H30FN7O2. The molecule has 0 saturated carbocycles. The van der Waals surface area contributed by atoms with Gasteiger partial charge in [-0.3, -0.25) is 4.79 Å². The zero-order valence-corrected chi connectivity index (χ0v) is 22.0. The number of hydrogen-bond acceptors (Lipinski definition) is 7. The van der Waals surface area contributed by atoms with Gasteiger partial charge in [-0.1, -0.05) is 64.0 Å². The zero-order chi connectivity index (χ0) is 27.4. The molecule has 5 rings (SSSR count). The van der Waals surface area contributed by atoms with Crippen molar-refractivity contribution in [2.24, 2.45) is 0 Å². The van der Waals surface area contributed by atoms with Crippen LogP contribution in [0.4, 0.5) is 10.1 Å². The maximum Gasteiger partial charge on any atom is 0.315 e. The fourth-order valence-corrected chi connectivity index (χ4v) is 3.70. The lowest BCUT2D eigenvalue weighted by atomic mass is 9.96. The Kier molecular flexibility index (Phi) is 7.52. The number of nitrogens with zero attached hydrogens (tertiary/aromatic N) is 4. The third-order valence-corrected chi connectivity index (χ3v) is 5.65. The van der Waals surface area contributed by atoms with Gasteiger partial charge in [-0.2, -0.15) is 4.98 Å². The molecule has 0 bridgehead atoms. The van der Waals surface area contributed by atoms with Crippen LogP contribution in [0.5, 0.6) is 0 Å². The minimum absolute atomic E-state index is 0.0342. The number of anilines is 1. The van der Waals surface area contributed by atoms with E-state index in [0.717, 1.165) is 11.1 Å². The Balaban J connectivity index is 0.00000164. The van der Waals surface area contributed by atoms with Gasteiger partial charge in [0.25, 0.3) is 0 Å². The molecule has 1 amide bonds. The van der Waals surface area contributed by atoms with E-state index in [4.69, 9.17) is 10.3 Å². The number of hydrogen-bond donors (Lipinski definition) is 3.